The molecular weight excluding hydrogens is 520 g/mol. The van der Waals surface area contributed by atoms with E-state index >= 15 is 0 Å². The molecule has 0 aromatic heterocycles. The minimum Gasteiger partial charge on any atom is -0.493 e. The summed E-state index contributed by atoms with van der Waals surface area (Å²) in [6, 6.07) is 8.94. The summed E-state index contributed by atoms with van der Waals surface area (Å²) >= 11 is 0. The number of nitrogens with one attached hydrogen (secondary N) is 3. The van der Waals surface area contributed by atoms with Crippen LogP contribution in [0.25, 0.3) is 0 Å². The number of amides is 2. The molecule has 1 heterocycles. The van der Waals surface area contributed by atoms with Crippen molar-refractivity contribution in [2.45, 2.75) is 26.1 Å². The molecule has 3 rings (SSSR count). The van der Waals surface area contributed by atoms with Gasteiger partial charge >= 0.3 is 12.0 Å². The standard InChI is InChI=1S/C28H32N4O8/c1-6-12-39-20-10-8-18(13-22(20)36-4)15-29-32-24(33)16-40-21-11-9-19(14-23(21)38-7-2)26-25(27(34)37-5)17(3)30-28(35)31-26/h1,8-11,13-15,24,26,32-33H,7,12,16H2,2-5H3,(H2,30,31,35)/b29-15-/t24-,26+/m1/s1. The summed E-state index contributed by atoms with van der Waals surface area (Å²) in [5.74, 6) is 3.53. The first-order valence-electron chi connectivity index (χ1n) is 12.3. The molecule has 0 saturated heterocycles. The van der Waals surface area contributed by atoms with E-state index in [0.29, 0.717) is 46.4 Å². The molecule has 0 radical (unpaired) electrons. The second kappa shape index (κ2) is 14.3. The molecule has 12 heteroatoms. The highest BCUT2D eigenvalue weighted by Crippen LogP contribution is 2.35. The highest BCUT2D eigenvalue weighted by molar-refractivity contribution is 5.95. The van der Waals surface area contributed by atoms with Crippen molar-refractivity contribution < 1.29 is 38.4 Å². The molecule has 40 heavy (non-hydrogen) atoms. The van der Waals surface area contributed by atoms with Gasteiger partial charge in [0.05, 0.1) is 38.7 Å². The second-order valence-corrected chi connectivity index (χ2v) is 8.32. The number of hydrazone groups is 1. The predicted octanol–water partition coefficient (Wildman–Crippen LogP) is 2.23. The van der Waals surface area contributed by atoms with Gasteiger partial charge in [-0.25, -0.2) is 9.59 Å². The normalized spacial score (nSPS) is 15.4. The van der Waals surface area contributed by atoms with Gasteiger partial charge in [0.2, 0.25) is 0 Å². The average Bonchev–Trinajstić information content (AvgIpc) is 2.95. The SMILES string of the molecule is C#CCOc1ccc(/C=N\N[C@H](O)COc2ccc([C@@H]3NC(=O)NC(C)=C3C(=O)OC)cc2OCC)cc1OC. The molecule has 2 aromatic rings. The van der Waals surface area contributed by atoms with Gasteiger partial charge in [0.25, 0.3) is 0 Å². The van der Waals surface area contributed by atoms with Gasteiger partial charge < -0.3 is 39.4 Å². The summed E-state index contributed by atoms with van der Waals surface area (Å²) in [6.45, 7) is 3.72. The molecule has 0 fully saturated rings. The third-order valence-electron chi connectivity index (χ3n) is 5.61. The monoisotopic (exact) mass is 552 g/mol. The lowest BCUT2D eigenvalue weighted by molar-refractivity contribution is -0.136. The Balaban J connectivity index is 1.67. The van der Waals surface area contributed by atoms with Crippen LogP contribution >= 0.6 is 0 Å². The first-order chi connectivity index (χ1) is 19.3. The molecular formula is C28H32N4O8. The Labute approximate surface area is 232 Å². The third-order valence-corrected chi connectivity index (χ3v) is 5.61. The lowest BCUT2D eigenvalue weighted by Crippen LogP contribution is -2.45. The molecule has 0 unspecified atom stereocenters. The minimum atomic E-state index is -1.15. The van der Waals surface area contributed by atoms with Crippen LogP contribution in [-0.2, 0) is 9.53 Å². The van der Waals surface area contributed by atoms with Crippen molar-refractivity contribution in [3.05, 3.63) is 58.8 Å². The van der Waals surface area contributed by atoms with Gasteiger partial charge in [0.15, 0.2) is 29.2 Å². The first-order valence-corrected chi connectivity index (χ1v) is 12.3. The van der Waals surface area contributed by atoms with Crippen LogP contribution in [0.1, 0.15) is 31.0 Å². The number of aliphatic hydroxyl groups is 1. The van der Waals surface area contributed by atoms with Crippen LogP contribution in [0.2, 0.25) is 0 Å². The van der Waals surface area contributed by atoms with Crippen LogP contribution in [0, 0.1) is 12.3 Å². The number of carbonyl (C=O) groups excluding carboxylic acids is 2. The maximum atomic E-state index is 12.4. The molecule has 0 spiro atoms. The van der Waals surface area contributed by atoms with Crippen LogP contribution in [-0.4, -0.2) is 63.6 Å². The Morgan fingerprint density at radius 1 is 1.15 bits per heavy atom. The molecule has 4 N–H and O–H groups in total. The van der Waals surface area contributed by atoms with Crippen LogP contribution in [0.3, 0.4) is 0 Å². The van der Waals surface area contributed by atoms with Crippen molar-refractivity contribution in [3.63, 3.8) is 0 Å². The number of benzene rings is 2. The van der Waals surface area contributed by atoms with E-state index in [-0.39, 0.29) is 18.8 Å². The summed E-state index contributed by atoms with van der Waals surface area (Å²) in [6.07, 6.45) is 5.58. The number of ether oxygens (including phenoxy) is 5. The average molecular weight is 553 g/mol. The summed E-state index contributed by atoms with van der Waals surface area (Å²) in [7, 11) is 2.78. The number of aliphatic hydroxyl groups excluding tert-OH is 1. The zero-order chi connectivity index (χ0) is 29.1. The number of urea groups is 1. The highest BCUT2D eigenvalue weighted by atomic mass is 16.5. The van der Waals surface area contributed by atoms with E-state index in [4.69, 9.17) is 30.1 Å². The molecule has 2 amide bonds. The minimum absolute atomic E-state index is 0.116. The fourth-order valence-electron chi connectivity index (χ4n) is 3.82. The number of esters is 1. The molecule has 0 saturated carbocycles. The maximum Gasteiger partial charge on any atom is 0.337 e. The van der Waals surface area contributed by atoms with Crippen molar-refractivity contribution in [3.8, 4) is 35.3 Å². The van der Waals surface area contributed by atoms with Crippen molar-refractivity contribution in [1.82, 2.24) is 16.1 Å². The Morgan fingerprint density at radius 3 is 2.60 bits per heavy atom. The zero-order valence-electron chi connectivity index (χ0n) is 22.6. The van der Waals surface area contributed by atoms with Crippen LogP contribution < -0.4 is 35.0 Å². The maximum absolute atomic E-state index is 12.4. The molecule has 0 aliphatic carbocycles. The van der Waals surface area contributed by atoms with E-state index in [0.717, 1.165) is 0 Å². The van der Waals surface area contributed by atoms with Gasteiger partial charge in [-0.2, -0.15) is 5.10 Å². The molecule has 2 atom stereocenters. The Kier molecular flexibility index (Phi) is 10.6. The van der Waals surface area contributed by atoms with Gasteiger partial charge in [-0.1, -0.05) is 12.0 Å². The van der Waals surface area contributed by atoms with Crippen LogP contribution in [0.4, 0.5) is 4.79 Å². The molecule has 1 aliphatic rings. The zero-order valence-corrected chi connectivity index (χ0v) is 22.6. The number of allylic oxidation sites excluding steroid dienone is 1. The lowest BCUT2D eigenvalue weighted by Gasteiger charge is -2.28. The number of hydrogen-bond donors (Lipinski definition) is 4. The molecule has 2 aromatic carbocycles. The van der Waals surface area contributed by atoms with Gasteiger partial charge in [-0.3, -0.25) is 5.43 Å². The van der Waals surface area contributed by atoms with E-state index in [1.165, 1.54) is 20.4 Å². The number of nitrogens with zero attached hydrogens (tertiary/aromatic N) is 1. The highest BCUT2D eigenvalue weighted by Gasteiger charge is 2.32. The van der Waals surface area contributed by atoms with Crippen LogP contribution in [0.15, 0.2) is 52.8 Å². The Bertz CT molecular complexity index is 1320. The fourth-order valence-corrected chi connectivity index (χ4v) is 3.82. The lowest BCUT2D eigenvalue weighted by atomic mass is 9.95. The molecule has 0 bridgehead atoms. The number of terminal acetylenes is 1. The van der Waals surface area contributed by atoms with Crippen molar-refractivity contribution in [2.75, 3.05) is 34.0 Å². The van der Waals surface area contributed by atoms with E-state index in [9.17, 15) is 14.7 Å². The van der Waals surface area contributed by atoms with E-state index in [2.05, 4.69) is 27.1 Å². The van der Waals surface area contributed by atoms with E-state index in [1.54, 1.807) is 50.2 Å². The Morgan fingerprint density at radius 2 is 1.90 bits per heavy atom. The summed E-state index contributed by atoms with van der Waals surface area (Å²) < 4.78 is 27.1. The van der Waals surface area contributed by atoms with E-state index in [1.807, 2.05) is 0 Å². The van der Waals surface area contributed by atoms with Gasteiger partial charge in [0, 0.05) is 5.70 Å². The molecule has 12 nitrogen and oxygen atoms in total. The number of carbonyl (C=O) groups is 2. The molecule has 1 aliphatic heterocycles. The summed E-state index contributed by atoms with van der Waals surface area (Å²) in [4.78, 5) is 24.5. The molecule has 212 valence electrons. The van der Waals surface area contributed by atoms with E-state index < -0.39 is 24.3 Å². The number of methoxy groups -OCH3 is 2. The first kappa shape index (κ1) is 29.7. The van der Waals surface area contributed by atoms with Crippen molar-refractivity contribution in [2.24, 2.45) is 5.10 Å². The second-order valence-electron chi connectivity index (χ2n) is 8.32. The van der Waals surface area contributed by atoms with Gasteiger partial charge in [-0.15, -0.1) is 6.42 Å². The fraction of sp³-hybridized carbons (Fsp3) is 0.321. The third kappa shape index (κ3) is 7.58. The van der Waals surface area contributed by atoms with Gasteiger partial charge in [-0.05, 0) is 55.3 Å². The topological polar surface area (TPSA) is 149 Å². The summed E-state index contributed by atoms with van der Waals surface area (Å²) in [5.41, 5.74) is 4.52. The van der Waals surface area contributed by atoms with Gasteiger partial charge in [0.1, 0.15) is 13.2 Å². The van der Waals surface area contributed by atoms with Crippen molar-refractivity contribution >= 4 is 18.2 Å². The van der Waals surface area contributed by atoms with Crippen LogP contribution in [0.5, 0.6) is 23.0 Å². The smallest absolute Gasteiger partial charge is 0.337 e. The van der Waals surface area contributed by atoms with Crippen molar-refractivity contribution in [1.29, 1.82) is 0 Å². The predicted molar refractivity (Wildman–Crippen MR) is 146 cm³/mol. The summed E-state index contributed by atoms with van der Waals surface area (Å²) in [5, 5.41) is 19.7. The number of hydrogen-bond acceptors (Lipinski definition) is 10. The largest absolute Gasteiger partial charge is 0.493 e. The number of rotatable bonds is 13. The Hall–Kier alpha value is -4.89. The quantitative estimate of drug-likeness (QED) is 0.0965.